The van der Waals surface area contributed by atoms with Crippen LogP contribution in [-0.4, -0.2) is 45.4 Å². The Bertz CT molecular complexity index is 983. The van der Waals surface area contributed by atoms with Gasteiger partial charge in [0.1, 0.15) is 11.2 Å². The maximum Gasteiger partial charge on any atom is 0.256 e. The third-order valence-electron chi connectivity index (χ3n) is 4.99. The molecule has 0 saturated carbocycles. The van der Waals surface area contributed by atoms with Crippen molar-refractivity contribution in [3.63, 3.8) is 0 Å². The van der Waals surface area contributed by atoms with Crippen molar-refractivity contribution in [3.8, 4) is 5.75 Å². The summed E-state index contributed by atoms with van der Waals surface area (Å²) in [7, 11) is 0. The average Bonchev–Trinajstić information content (AvgIpc) is 3.04. The van der Waals surface area contributed by atoms with Crippen LogP contribution in [0.2, 0.25) is 0 Å². The first-order chi connectivity index (χ1) is 13.7. The lowest BCUT2D eigenvalue weighted by molar-refractivity contribution is 0.102. The highest BCUT2D eigenvalue weighted by molar-refractivity contribution is 6.04. The number of carbonyl (C=O) groups excluding carboxylic acids is 1. The maximum absolute atomic E-state index is 12.7. The Morgan fingerprint density at radius 2 is 2.07 bits per heavy atom. The maximum atomic E-state index is 12.7. The smallest absolute Gasteiger partial charge is 0.256 e. The van der Waals surface area contributed by atoms with Gasteiger partial charge in [-0.05, 0) is 64.0 Å². The Morgan fingerprint density at radius 3 is 2.76 bits per heavy atom. The van der Waals surface area contributed by atoms with Crippen LogP contribution < -0.4 is 15.4 Å². The number of hydrogen-bond donors (Lipinski definition) is 2. The van der Waals surface area contributed by atoms with Crippen LogP contribution in [0.1, 0.15) is 47.4 Å². The van der Waals surface area contributed by atoms with E-state index in [0.717, 1.165) is 42.8 Å². The molecule has 4 rings (SSSR count). The number of amides is 1. The van der Waals surface area contributed by atoms with Crippen LogP contribution in [0.4, 0.5) is 5.82 Å². The topological polar surface area (TPSA) is 93.4 Å². The van der Waals surface area contributed by atoms with Crippen LogP contribution in [0.15, 0.2) is 30.5 Å². The number of nitrogens with one attached hydrogen (secondary N) is 2. The summed E-state index contributed by atoms with van der Waals surface area (Å²) in [6.07, 6.45) is 3.88. The number of anilines is 1. The van der Waals surface area contributed by atoms with Gasteiger partial charge in [-0.1, -0.05) is 0 Å². The van der Waals surface area contributed by atoms with Gasteiger partial charge in [-0.25, -0.2) is 4.52 Å². The molecule has 4 heterocycles. The Balaban J connectivity index is 0.00000240. The minimum absolute atomic E-state index is 0. The van der Waals surface area contributed by atoms with Crippen molar-refractivity contribution in [1.29, 1.82) is 0 Å². The highest BCUT2D eigenvalue weighted by Crippen LogP contribution is 2.26. The standard InChI is InChI=1S/C20H24N6O2.ClH/c1-3-28-19-13(2)25-26-11-8-15(12-17(19)26)20(27)22-18-5-4-16(23-24-18)14-6-9-21-10-7-14;/h4-5,8,11-12,14,21H,3,6-7,9-10H2,1-2H3,(H,22,24,27);1H. The highest BCUT2D eigenvalue weighted by atomic mass is 35.5. The SMILES string of the molecule is CCOc1c(C)nn2ccc(C(=O)Nc3ccc(C4CCNCC4)nn3)cc12.Cl. The normalized spacial score (nSPS) is 14.4. The zero-order valence-electron chi connectivity index (χ0n) is 16.5. The van der Waals surface area contributed by atoms with Crippen molar-refractivity contribution >= 4 is 29.6 Å². The molecule has 0 spiro atoms. The second kappa shape index (κ2) is 9.19. The highest BCUT2D eigenvalue weighted by Gasteiger charge is 2.18. The molecule has 154 valence electrons. The van der Waals surface area contributed by atoms with E-state index < -0.39 is 0 Å². The minimum Gasteiger partial charge on any atom is -0.490 e. The number of ether oxygens (including phenoxy) is 1. The third kappa shape index (κ3) is 4.49. The predicted molar refractivity (Wildman–Crippen MR) is 113 cm³/mol. The van der Waals surface area contributed by atoms with Gasteiger partial charge in [0, 0.05) is 17.7 Å². The van der Waals surface area contributed by atoms with Gasteiger partial charge in [-0.15, -0.1) is 17.5 Å². The van der Waals surface area contributed by atoms with E-state index in [1.165, 1.54) is 0 Å². The monoisotopic (exact) mass is 416 g/mol. The fraction of sp³-hybridized carbons (Fsp3) is 0.400. The van der Waals surface area contributed by atoms with Crippen LogP contribution in [0.3, 0.4) is 0 Å². The minimum atomic E-state index is -0.243. The molecule has 0 aromatic carbocycles. The second-order valence-electron chi connectivity index (χ2n) is 6.91. The fourth-order valence-corrected chi connectivity index (χ4v) is 3.54. The quantitative estimate of drug-likeness (QED) is 0.664. The molecule has 1 saturated heterocycles. The van der Waals surface area contributed by atoms with Gasteiger partial charge in [0.2, 0.25) is 0 Å². The number of halogens is 1. The lowest BCUT2D eigenvalue weighted by atomic mass is 9.94. The first kappa shape index (κ1) is 21.0. The number of fused-ring (bicyclic) bond motifs is 1. The number of aryl methyl sites for hydroxylation is 1. The molecule has 1 aliphatic rings. The largest absolute Gasteiger partial charge is 0.490 e. The molecule has 0 bridgehead atoms. The summed E-state index contributed by atoms with van der Waals surface area (Å²) in [5.41, 5.74) is 3.05. The van der Waals surface area contributed by atoms with Crippen LogP contribution in [0.25, 0.3) is 5.52 Å². The van der Waals surface area contributed by atoms with Gasteiger partial charge in [0.15, 0.2) is 11.6 Å². The summed E-state index contributed by atoms with van der Waals surface area (Å²) in [5.74, 6) is 1.33. The third-order valence-corrected chi connectivity index (χ3v) is 4.99. The first-order valence-electron chi connectivity index (χ1n) is 9.63. The van der Waals surface area contributed by atoms with Gasteiger partial charge >= 0.3 is 0 Å². The van der Waals surface area contributed by atoms with E-state index in [4.69, 9.17) is 4.74 Å². The van der Waals surface area contributed by atoms with Crippen molar-refractivity contribution in [2.75, 3.05) is 25.0 Å². The Labute approximate surface area is 175 Å². The summed E-state index contributed by atoms with van der Waals surface area (Å²) < 4.78 is 7.38. The summed E-state index contributed by atoms with van der Waals surface area (Å²) in [6, 6.07) is 7.27. The summed E-state index contributed by atoms with van der Waals surface area (Å²) in [6.45, 7) is 6.36. The van der Waals surface area contributed by atoms with Gasteiger partial charge in [-0.3, -0.25) is 4.79 Å². The van der Waals surface area contributed by atoms with E-state index in [9.17, 15) is 4.79 Å². The van der Waals surface area contributed by atoms with Crippen molar-refractivity contribution in [2.45, 2.75) is 32.6 Å². The number of pyridine rings is 1. The van der Waals surface area contributed by atoms with E-state index in [2.05, 4.69) is 25.9 Å². The van der Waals surface area contributed by atoms with Gasteiger partial charge in [0.25, 0.3) is 5.91 Å². The molecule has 3 aromatic rings. The Kier molecular flexibility index (Phi) is 6.66. The Morgan fingerprint density at radius 1 is 1.28 bits per heavy atom. The number of rotatable bonds is 5. The van der Waals surface area contributed by atoms with E-state index in [1.807, 2.05) is 26.0 Å². The Hall–Kier alpha value is -2.71. The van der Waals surface area contributed by atoms with E-state index >= 15 is 0 Å². The van der Waals surface area contributed by atoms with Crippen LogP contribution in [0, 0.1) is 6.92 Å². The molecule has 8 nitrogen and oxygen atoms in total. The van der Waals surface area contributed by atoms with Gasteiger partial charge in [0.05, 0.1) is 12.3 Å². The first-order valence-corrected chi connectivity index (χ1v) is 9.63. The van der Waals surface area contributed by atoms with Crippen molar-refractivity contribution in [3.05, 3.63) is 47.4 Å². The van der Waals surface area contributed by atoms with Gasteiger partial charge in [-0.2, -0.15) is 10.2 Å². The number of carbonyl (C=O) groups is 1. The summed E-state index contributed by atoms with van der Waals surface area (Å²) >= 11 is 0. The van der Waals surface area contributed by atoms with Crippen molar-refractivity contribution < 1.29 is 9.53 Å². The van der Waals surface area contributed by atoms with Crippen LogP contribution >= 0.6 is 12.4 Å². The molecule has 0 unspecified atom stereocenters. The molecular formula is C20H25ClN6O2. The summed E-state index contributed by atoms with van der Waals surface area (Å²) in [4.78, 5) is 12.7. The van der Waals surface area contributed by atoms with Crippen molar-refractivity contribution in [1.82, 2.24) is 25.1 Å². The zero-order chi connectivity index (χ0) is 19.5. The average molecular weight is 417 g/mol. The van der Waals surface area contributed by atoms with Crippen LogP contribution in [-0.2, 0) is 0 Å². The fourth-order valence-electron chi connectivity index (χ4n) is 3.54. The molecule has 1 amide bonds. The second-order valence-corrected chi connectivity index (χ2v) is 6.91. The molecule has 3 aromatic heterocycles. The predicted octanol–water partition coefficient (Wildman–Crippen LogP) is 2.97. The van der Waals surface area contributed by atoms with E-state index in [1.54, 1.807) is 22.8 Å². The molecule has 0 atom stereocenters. The lowest BCUT2D eigenvalue weighted by Gasteiger charge is -2.21. The molecule has 9 heteroatoms. The van der Waals surface area contributed by atoms with E-state index in [-0.39, 0.29) is 18.3 Å². The van der Waals surface area contributed by atoms with E-state index in [0.29, 0.717) is 29.7 Å². The number of hydrogen-bond acceptors (Lipinski definition) is 6. The van der Waals surface area contributed by atoms with Crippen LogP contribution in [0.5, 0.6) is 5.75 Å². The molecule has 0 radical (unpaired) electrons. The summed E-state index contributed by atoms with van der Waals surface area (Å²) in [5, 5.41) is 19.1. The lowest BCUT2D eigenvalue weighted by Crippen LogP contribution is -2.27. The number of aromatic nitrogens is 4. The van der Waals surface area contributed by atoms with Gasteiger partial charge < -0.3 is 15.4 Å². The number of piperidine rings is 1. The molecule has 1 fully saturated rings. The van der Waals surface area contributed by atoms with Crippen molar-refractivity contribution in [2.24, 2.45) is 0 Å². The molecular weight excluding hydrogens is 392 g/mol. The molecule has 2 N–H and O–H groups in total. The number of nitrogens with zero attached hydrogens (tertiary/aromatic N) is 4. The molecule has 0 aliphatic carbocycles. The molecule has 29 heavy (non-hydrogen) atoms. The molecule has 1 aliphatic heterocycles. The zero-order valence-corrected chi connectivity index (χ0v) is 17.3.